The second-order valence-corrected chi connectivity index (χ2v) is 9.42. The highest BCUT2D eigenvalue weighted by atomic mass is 16.2. The van der Waals surface area contributed by atoms with E-state index in [2.05, 4.69) is 56.5 Å². The maximum absolute atomic E-state index is 12.1. The largest absolute Gasteiger partial charge is 0.351 e. The summed E-state index contributed by atoms with van der Waals surface area (Å²) in [5.41, 5.74) is 3.74. The summed E-state index contributed by atoms with van der Waals surface area (Å²) >= 11 is 0. The van der Waals surface area contributed by atoms with Crippen molar-refractivity contribution in [3.63, 3.8) is 0 Å². The quantitative estimate of drug-likeness (QED) is 0.298. The van der Waals surface area contributed by atoms with Gasteiger partial charge in [-0.2, -0.15) is 5.26 Å². The summed E-state index contributed by atoms with van der Waals surface area (Å²) < 4.78 is 0. The number of rotatable bonds is 4. The van der Waals surface area contributed by atoms with Crippen molar-refractivity contribution in [1.82, 2.24) is 30.4 Å². The van der Waals surface area contributed by atoms with Crippen LogP contribution in [0.3, 0.4) is 0 Å². The average Bonchev–Trinajstić information content (AvgIpc) is 2.88. The number of fused-ring (bicyclic) bond motifs is 1. The second kappa shape index (κ2) is 10.7. The molecule has 0 bridgehead atoms. The predicted octanol–water partition coefficient (Wildman–Crippen LogP) is 1.73. The van der Waals surface area contributed by atoms with Crippen molar-refractivity contribution in [2.45, 2.75) is 32.9 Å². The summed E-state index contributed by atoms with van der Waals surface area (Å²) in [6.45, 7) is 8.18. The molecule has 1 atom stereocenters. The third kappa shape index (κ3) is 5.35. The fraction of sp³-hybridized carbons (Fsp3) is 0.480. The van der Waals surface area contributed by atoms with Crippen LogP contribution >= 0.6 is 0 Å². The van der Waals surface area contributed by atoms with Crippen molar-refractivity contribution in [3.8, 4) is 6.19 Å². The van der Waals surface area contributed by atoms with Gasteiger partial charge in [0.1, 0.15) is 11.5 Å². The number of anilines is 1. The molecule has 2 aliphatic heterocycles. The number of hydrogen-bond donors (Lipinski definition) is 2. The molecule has 1 amide bonds. The Balaban J connectivity index is 1.58. The lowest BCUT2D eigenvalue weighted by Crippen LogP contribution is -2.59. The van der Waals surface area contributed by atoms with Crippen molar-refractivity contribution in [2.75, 3.05) is 45.2 Å². The first kappa shape index (κ1) is 24.4. The Morgan fingerprint density at radius 2 is 2.11 bits per heavy atom. The van der Waals surface area contributed by atoms with Crippen LogP contribution in [0.4, 0.5) is 11.5 Å². The fourth-order valence-electron chi connectivity index (χ4n) is 4.62. The molecule has 4 rings (SSSR count). The maximum atomic E-state index is 12.1. The lowest BCUT2D eigenvalue weighted by atomic mass is 9.99. The van der Waals surface area contributed by atoms with E-state index in [1.807, 2.05) is 12.1 Å². The van der Waals surface area contributed by atoms with Crippen LogP contribution in [0.1, 0.15) is 35.5 Å². The highest BCUT2D eigenvalue weighted by Gasteiger charge is 2.32. The molecular formula is C25H33N9O. The molecule has 10 heteroatoms. The minimum atomic E-state index is -0.170. The number of carbonyl (C=O) groups excluding carboxylic acids is 1. The number of nitrogens with zero attached hydrogens (tertiary/aromatic N) is 7. The second-order valence-electron chi connectivity index (χ2n) is 9.42. The number of nitrogens with one attached hydrogen (secondary N) is 2. The maximum Gasteiger partial charge on any atom is 0.273 e. The smallest absolute Gasteiger partial charge is 0.273 e. The van der Waals surface area contributed by atoms with Gasteiger partial charge < -0.3 is 20.0 Å². The molecule has 184 valence electrons. The van der Waals surface area contributed by atoms with Crippen molar-refractivity contribution in [3.05, 3.63) is 47.4 Å². The number of amides is 1. The van der Waals surface area contributed by atoms with E-state index < -0.39 is 0 Å². The number of aliphatic imine (C=N–C) groups is 1. The number of carbonyl (C=O) groups is 1. The van der Waals surface area contributed by atoms with Crippen LogP contribution in [-0.4, -0.2) is 78.0 Å². The van der Waals surface area contributed by atoms with E-state index in [-0.39, 0.29) is 11.9 Å². The number of benzene rings is 1. The van der Waals surface area contributed by atoms with Gasteiger partial charge in [0.05, 0.1) is 24.1 Å². The number of nitriles is 1. The van der Waals surface area contributed by atoms with Crippen LogP contribution < -0.4 is 15.5 Å². The first-order chi connectivity index (χ1) is 16.9. The Kier molecular flexibility index (Phi) is 7.46. The highest BCUT2D eigenvalue weighted by Crippen LogP contribution is 2.27. The van der Waals surface area contributed by atoms with Gasteiger partial charge in [0.15, 0.2) is 6.19 Å². The zero-order valence-electron chi connectivity index (χ0n) is 20.8. The van der Waals surface area contributed by atoms with Gasteiger partial charge in [0, 0.05) is 40.3 Å². The van der Waals surface area contributed by atoms with E-state index in [9.17, 15) is 10.1 Å². The Bertz CT molecular complexity index is 1120. The van der Waals surface area contributed by atoms with Gasteiger partial charge in [-0.3, -0.25) is 10.1 Å². The number of aromatic nitrogens is 2. The monoisotopic (exact) mass is 475 g/mol. The summed E-state index contributed by atoms with van der Waals surface area (Å²) in [5.74, 6) is 1.45. The molecular weight excluding hydrogens is 442 g/mol. The average molecular weight is 476 g/mol. The van der Waals surface area contributed by atoms with Crippen LogP contribution in [-0.2, 0) is 13.0 Å². The van der Waals surface area contributed by atoms with Crippen LogP contribution in [0.2, 0.25) is 0 Å². The molecule has 0 spiro atoms. The van der Waals surface area contributed by atoms with E-state index in [0.29, 0.717) is 37.2 Å². The molecule has 2 aromatic rings. The van der Waals surface area contributed by atoms with E-state index in [1.54, 1.807) is 20.3 Å². The predicted molar refractivity (Wildman–Crippen MR) is 135 cm³/mol. The minimum Gasteiger partial charge on any atom is -0.351 e. The molecule has 35 heavy (non-hydrogen) atoms. The molecule has 1 fully saturated rings. The van der Waals surface area contributed by atoms with Gasteiger partial charge in [-0.25, -0.2) is 15.0 Å². The Morgan fingerprint density at radius 1 is 1.29 bits per heavy atom. The van der Waals surface area contributed by atoms with E-state index in [1.165, 1.54) is 22.2 Å². The summed E-state index contributed by atoms with van der Waals surface area (Å²) in [5, 5.41) is 15.8. The van der Waals surface area contributed by atoms with Crippen molar-refractivity contribution in [2.24, 2.45) is 10.9 Å². The third-order valence-electron chi connectivity index (χ3n) is 6.56. The number of guanidine groups is 1. The molecule has 0 unspecified atom stereocenters. The highest BCUT2D eigenvalue weighted by molar-refractivity contribution is 5.91. The van der Waals surface area contributed by atoms with Gasteiger partial charge in [-0.15, -0.1) is 0 Å². The number of hydrogen-bond acceptors (Lipinski definition) is 7. The van der Waals surface area contributed by atoms with Crippen LogP contribution in [0.15, 0.2) is 35.6 Å². The molecule has 1 aromatic carbocycles. The zero-order valence-corrected chi connectivity index (χ0v) is 20.8. The van der Waals surface area contributed by atoms with E-state index >= 15 is 0 Å². The van der Waals surface area contributed by atoms with Gasteiger partial charge in [-0.1, -0.05) is 26.0 Å². The van der Waals surface area contributed by atoms with Crippen LogP contribution in [0.25, 0.3) is 0 Å². The molecule has 1 aromatic heterocycles. The lowest BCUT2D eigenvalue weighted by molar-refractivity contribution is 0.0821. The fourth-order valence-corrected chi connectivity index (χ4v) is 4.62. The van der Waals surface area contributed by atoms with Crippen molar-refractivity contribution in [1.29, 1.82) is 5.26 Å². The normalized spacial score (nSPS) is 18.2. The van der Waals surface area contributed by atoms with Gasteiger partial charge in [-0.05, 0) is 36.1 Å². The first-order valence-corrected chi connectivity index (χ1v) is 12.0. The van der Waals surface area contributed by atoms with Crippen LogP contribution in [0.5, 0.6) is 0 Å². The zero-order chi connectivity index (χ0) is 24.9. The summed E-state index contributed by atoms with van der Waals surface area (Å²) in [4.78, 5) is 31.8. The Morgan fingerprint density at radius 3 is 2.80 bits per heavy atom. The van der Waals surface area contributed by atoms with Gasteiger partial charge in [0.25, 0.3) is 5.91 Å². The number of piperazine rings is 1. The standard InChI is InChI=1S/C25H33N9O/c1-17(2)22-15-33(23-14-28-21(13-29-23)24(35)32(3)4)10-11-34(22)25(30-16-26)31-20-7-5-6-18-12-27-9-8-19(18)20/h5-7,13-14,17,22,27H,8-12,15H2,1-4H3,(H,30,31)/t22-/m0/s1. The van der Waals surface area contributed by atoms with Gasteiger partial charge in [0.2, 0.25) is 5.96 Å². The molecule has 0 saturated carbocycles. The molecule has 1 saturated heterocycles. The molecule has 2 N–H and O–H groups in total. The molecule has 3 heterocycles. The first-order valence-electron chi connectivity index (χ1n) is 12.0. The topological polar surface area (TPSA) is 113 Å². The van der Waals surface area contributed by atoms with E-state index in [4.69, 9.17) is 4.99 Å². The summed E-state index contributed by atoms with van der Waals surface area (Å²) in [6.07, 6.45) is 6.20. The molecule has 10 nitrogen and oxygen atoms in total. The Labute approximate surface area is 206 Å². The molecule has 0 radical (unpaired) electrons. The Hall–Kier alpha value is -3.71. The lowest BCUT2D eigenvalue weighted by Gasteiger charge is -2.44. The summed E-state index contributed by atoms with van der Waals surface area (Å²) in [7, 11) is 3.39. The molecule has 0 aliphatic carbocycles. The SMILES string of the molecule is CC(C)[C@@H]1CN(c2cnc(C(=O)N(C)C)cn2)CCN1C(=Nc1cccc2c1CCNC2)NC#N. The van der Waals surface area contributed by atoms with Gasteiger partial charge >= 0.3 is 0 Å². The third-order valence-corrected chi connectivity index (χ3v) is 6.56. The van der Waals surface area contributed by atoms with Crippen molar-refractivity contribution < 1.29 is 4.79 Å². The molecule has 2 aliphatic rings. The minimum absolute atomic E-state index is 0.106. The van der Waals surface area contributed by atoms with Crippen molar-refractivity contribution >= 4 is 23.4 Å². The van der Waals surface area contributed by atoms with E-state index in [0.717, 1.165) is 31.0 Å². The van der Waals surface area contributed by atoms with Crippen LogP contribution in [0, 0.1) is 17.4 Å². The summed E-state index contributed by atoms with van der Waals surface area (Å²) in [6, 6.07) is 6.28.